The van der Waals surface area contributed by atoms with Crippen LogP contribution in [-0.2, 0) is 14.8 Å². The van der Waals surface area contributed by atoms with E-state index in [4.69, 9.17) is 11.6 Å². The van der Waals surface area contributed by atoms with Gasteiger partial charge in [-0.1, -0.05) is 36.4 Å². The first-order valence-electron chi connectivity index (χ1n) is 10.1. The van der Waals surface area contributed by atoms with Crippen LogP contribution in [0.4, 0.5) is 5.69 Å². The fourth-order valence-electron chi connectivity index (χ4n) is 3.20. The molecule has 0 aliphatic heterocycles. The van der Waals surface area contributed by atoms with Gasteiger partial charge in [-0.25, -0.2) is 17.7 Å². The highest BCUT2D eigenvalue weighted by Gasteiger charge is 2.21. The Balaban J connectivity index is 1.87. The molecule has 1 heterocycles. The normalized spacial score (nSPS) is 12.8. The van der Waals surface area contributed by atoms with Gasteiger partial charge in [0, 0.05) is 30.2 Å². The fourth-order valence-corrected chi connectivity index (χ4v) is 5.32. The quantitative estimate of drug-likeness (QED) is 0.456. The molecule has 32 heavy (non-hydrogen) atoms. The van der Waals surface area contributed by atoms with Gasteiger partial charge >= 0.3 is 0 Å². The number of hydrogen-bond acceptors (Lipinski definition) is 5. The van der Waals surface area contributed by atoms with E-state index in [0.717, 1.165) is 16.5 Å². The second-order valence-electron chi connectivity index (χ2n) is 7.66. The molecular formula is C23H26ClN3O3S2. The minimum atomic E-state index is -3.53. The highest BCUT2D eigenvalue weighted by atomic mass is 35.5. The predicted molar refractivity (Wildman–Crippen MR) is 132 cm³/mol. The van der Waals surface area contributed by atoms with Crippen molar-refractivity contribution in [2.75, 3.05) is 19.4 Å². The first-order chi connectivity index (χ1) is 15.0. The van der Waals surface area contributed by atoms with Gasteiger partial charge in [0.05, 0.1) is 20.7 Å². The third-order valence-electron chi connectivity index (χ3n) is 5.19. The maximum Gasteiger partial charge on any atom is 0.242 e. The lowest BCUT2D eigenvalue weighted by atomic mass is 10.1. The summed E-state index contributed by atoms with van der Waals surface area (Å²) in [6, 6.07) is 12.2. The third kappa shape index (κ3) is 5.09. The maximum atomic E-state index is 12.9. The van der Waals surface area contributed by atoms with Crippen molar-refractivity contribution < 1.29 is 13.2 Å². The first kappa shape index (κ1) is 24.5. The third-order valence-corrected chi connectivity index (χ3v) is 8.70. The van der Waals surface area contributed by atoms with Crippen molar-refractivity contribution in [2.24, 2.45) is 0 Å². The van der Waals surface area contributed by atoms with E-state index in [-0.39, 0.29) is 16.1 Å². The number of sulfonamides is 1. The monoisotopic (exact) mass is 491 g/mol. The molecule has 1 N–H and O–H groups in total. The Bertz CT molecular complexity index is 1280. The van der Waals surface area contributed by atoms with Gasteiger partial charge in [-0.05, 0) is 67.8 Å². The van der Waals surface area contributed by atoms with Gasteiger partial charge in [-0.15, -0.1) is 0 Å². The Hall–Kier alpha value is -2.13. The van der Waals surface area contributed by atoms with Crippen molar-refractivity contribution in [3.8, 4) is 0 Å². The number of hydrogen-bond donors (Lipinski definition) is 1. The number of nitrogens with zero attached hydrogens (tertiary/aromatic N) is 2. The summed E-state index contributed by atoms with van der Waals surface area (Å²) in [5.74, 6) is -0.116. The summed E-state index contributed by atoms with van der Waals surface area (Å²) in [6.07, 6.45) is 0.620. The Labute approximate surface area is 198 Å². The Morgan fingerprint density at radius 1 is 1.19 bits per heavy atom. The summed E-state index contributed by atoms with van der Waals surface area (Å²) in [7, 11) is -0.518. The molecule has 0 saturated carbocycles. The summed E-state index contributed by atoms with van der Waals surface area (Å²) in [4.78, 5) is 17.8. The average Bonchev–Trinajstić information content (AvgIpc) is 2.74. The molecule has 0 aliphatic rings. The van der Waals surface area contributed by atoms with E-state index in [1.807, 2.05) is 32.9 Å². The van der Waals surface area contributed by atoms with Crippen LogP contribution in [0.15, 0.2) is 52.4 Å². The number of anilines is 1. The standard InChI is InChI=1S/C23H26ClN3O3S2/c1-6-21(23(28)26-19-9-7-8-18(24)15(19)3)31-22-12-14(2)17-13-16(10-11-20(17)25-22)32(29,30)27(4)5/h7-13,21H,6H2,1-5H3,(H,26,28)/t21-/m0/s1. The highest BCUT2D eigenvalue weighted by Crippen LogP contribution is 2.31. The lowest BCUT2D eigenvalue weighted by Crippen LogP contribution is -2.25. The number of pyridine rings is 1. The minimum Gasteiger partial charge on any atom is -0.325 e. The van der Waals surface area contributed by atoms with Crippen LogP contribution in [0.2, 0.25) is 5.02 Å². The van der Waals surface area contributed by atoms with Gasteiger partial charge in [0.25, 0.3) is 0 Å². The second kappa shape index (κ2) is 9.79. The molecule has 9 heteroatoms. The summed E-state index contributed by atoms with van der Waals surface area (Å²) < 4.78 is 26.1. The van der Waals surface area contributed by atoms with E-state index < -0.39 is 10.0 Å². The number of aromatic nitrogens is 1. The zero-order valence-corrected chi connectivity index (χ0v) is 21.0. The Morgan fingerprint density at radius 2 is 1.91 bits per heavy atom. The van der Waals surface area contributed by atoms with Crippen molar-refractivity contribution in [1.29, 1.82) is 0 Å². The largest absolute Gasteiger partial charge is 0.325 e. The molecule has 0 aliphatic carbocycles. The van der Waals surface area contributed by atoms with Crippen LogP contribution in [0, 0.1) is 13.8 Å². The fraction of sp³-hybridized carbons (Fsp3) is 0.304. The smallest absolute Gasteiger partial charge is 0.242 e. The molecule has 170 valence electrons. The van der Waals surface area contributed by atoms with Crippen LogP contribution < -0.4 is 5.32 Å². The van der Waals surface area contributed by atoms with Crippen molar-refractivity contribution in [2.45, 2.75) is 42.4 Å². The van der Waals surface area contributed by atoms with Crippen LogP contribution >= 0.6 is 23.4 Å². The molecule has 3 aromatic rings. The van der Waals surface area contributed by atoms with Gasteiger partial charge in [-0.3, -0.25) is 4.79 Å². The van der Waals surface area contributed by atoms with E-state index in [2.05, 4.69) is 10.3 Å². The van der Waals surface area contributed by atoms with Crippen LogP contribution in [0.5, 0.6) is 0 Å². The Kier molecular flexibility index (Phi) is 7.50. The SMILES string of the molecule is CC[C@H](Sc1cc(C)c2cc(S(=O)(=O)N(C)C)ccc2n1)C(=O)Nc1cccc(Cl)c1C. The van der Waals surface area contributed by atoms with Gasteiger partial charge in [-0.2, -0.15) is 0 Å². The van der Waals surface area contributed by atoms with E-state index >= 15 is 0 Å². The number of nitrogens with one attached hydrogen (secondary N) is 1. The van der Waals surface area contributed by atoms with Crippen LogP contribution in [0.25, 0.3) is 10.9 Å². The van der Waals surface area contributed by atoms with Crippen LogP contribution in [0.3, 0.4) is 0 Å². The summed E-state index contributed by atoms with van der Waals surface area (Å²) in [5, 5.41) is 4.71. The molecule has 1 amide bonds. The predicted octanol–water partition coefficient (Wildman–Crippen LogP) is 5.26. The van der Waals surface area contributed by atoms with E-state index in [0.29, 0.717) is 27.7 Å². The van der Waals surface area contributed by atoms with Gasteiger partial charge in [0.1, 0.15) is 0 Å². The molecule has 1 atom stereocenters. The molecule has 3 rings (SSSR count). The molecule has 0 spiro atoms. The van der Waals surface area contributed by atoms with Crippen molar-refractivity contribution >= 4 is 55.9 Å². The number of thioether (sulfide) groups is 1. The highest BCUT2D eigenvalue weighted by molar-refractivity contribution is 8.00. The number of aryl methyl sites for hydroxylation is 1. The average molecular weight is 492 g/mol. The number of amides is 1. The van der Waals surface area contributed by atoms with Crippen molar-refractivity contribution in [3.63, 3.8) is 0 Å². The minimum absolute atomic E-state index is 0.116. The molecule has 0 saturated heterocycles. The molecule has 6 nitrogen and oxygen atoms in total. The molecule has 0 bridgehead atoms. The molecule has 2 aromatic carbocycles. The number of benzene rings is 2. The number of carbonyl (C=O) groups excluding carboxylic acids is 1. The molecular weight excluding hydrogens is 466 g/mol. The number of halogens is 1. The lowest BCUT2D eigenvalue weighted by Gasteiger charge is -2.17. The summed E-state index contributed by atoms with van der Waals surface area (Å²) in [6.45, 7) is 5.73. The van der Waals surface area contributed by atoms with Gasteiger partial charge < -0.3 is 5.32 Å². The Morgan fingerprint density at radius 3 is 2.56 bits per heavy atom. The van der Waals surface area contributed by atoms with E-state index in [1.54, 1.807) is 30.3 Å². The molecule has 1 aromatic heterocycles. The number of rotatable bonds is 7. The summed E-state index contributed by atoms with van der Waals surface area (Å²) in [5.41, 5.74) is 3.10. The van der Waals surface area contributed by atoms with Gasteiger partial charge in [0.2, 0.25) is 15.9 Å². The summed E-state index contributed by atoms with van der Waals surface area (Å²) >= 11 is 7.55. The van der Waals surface area contributed by atoms with Crippen LogP contribution in [-0.4, -0.2) is 43.0 Å². The maximum absolute atomic E-state index is 12.9. The molecule has 0 unspecified atom stereocenters. The zero-order valence-electron chi connectivity index (χ0n) is 18.6. The number of carbonyl (C=O) groups is 1. The first-order valence-corrected chi connectivity index (χ1v) is 12.8. The van der Waals surface area contributed by atoms with Crippen LogP contribution in [0.1, 0.15) is 24.5 Å². The van der Waals surface area contributed by atoms with E-state index in [1.165, 1.54) is 30.2 Å². The second-order valence-corrected chi connectivity index (χ2v) is 11.4. The van der Waals surface area contributed by atoms with Gasteiger partial charge in [0.15, 0.2) is 0 Å². The lowest BCUT2D eigenvalue weighted by molar-refractivity contribution is -0.115. The number of fused-ring (bicyclic) bond motifs is 1. The van der Waals surface area contributed by atoms with E-state index in [9.17, 15) is 13.2 Å². The van der Waals surface area contributed by atoms with Crippen molar-refractivity contribution in [3.05, 3.63) is 58.6 Å². The zero-order chi connectivity index (χ0) is 23.6. The van der Waals surface area contributed by atoms with Crippen molar-refractivity contribution in [1.82, 2.24) is 9.29 Å². The molecule has 0 fully saturated rings. The topological polar surface area (TPSA) is 79.4 Å². The molecule has 0 radical (unpaired) electrons.